The summed E-state index contributed by atoms with van der Waals surface area (Å²) in [7, 11) is 0. The van der Waals surface area contributed by atoms with E-state index in [1.165, 1.54) is 11.3 Å². The smallest absolute Gasteiger partial charge is 0.260 e. The molecule has 0 atom stereocenters. The number of carbonyl (C=O) groups excluding carboxylic acids is 1. The van der Waals surface area contributed by atoms with Crippen molar-refractivity contribution in [2.24, 2.45) is 0 Å². The Morgan fingerprint density at radius 3 is 2.93 bits per heavy atom. The van der Waals surface area contributed by atoms with Crippen molar-refractivity contribution in [3.8, 4) is 5.75 Å². The first-order valence-electron chi connectivity index (χ1n) is 9.70. The summed E-state index contributed by atoms with van der Waals surface area (Å²) in [6.07, 6.45) is 6.25. The van der Waals surface area contributed by atoms with E-state index in [1.54, 1.807) is 17.4 Å². The number of rotatable bonds is 8. The van der Waals surface area contributed by atoms with Crippen LogP contribution in [0.1, 0.15) is 23.7 Å². The fourth-order valence-electron chi connectivity index (χ4n) is 3.16. The quantitative estimate of drug-likeness (QED) is 0.336. The average molecular weight is 485 g/mol. The van der Waals surface area contributed by atoms with Gasteiger partial charge in [-0.05, 0) is 49.7 Å². The molecular formula is C22H21BrN4O2S. The highest BCUT2D eigenvalue weighted by Gasteiger charge is 2.21. The molecule has 0 fully saturated rings. The van der Waals surface area contributed by atoms with E-state index in [4.69, 9.17) is 9.72 Å². The van der Waals surface area contributed by atoms with Crippen LogP contribution in [0, 0.1) is 0 Å². The molecule has 0 aliphatic heterocycles. The van der Waals surface area contributed by atoms with Crippen molar-refractivity contribution in [1.29, 1.82) is 0 Å². The zero-order valence-electron chi connectivity index (χ0n) is 16.5. The Labute approximate surface area is 187 Å². The highest BCUT2D eigenvalue weighted by molar-refractivity contribution is 9.10. The van der Waals surface area contributed by atoms with Crippen LogP contribution >= 0.6 is 27.3 Å². The van der Waals surface area contributed by atoms with E-state index in [0.717, 1.165) is 33.4 Å². The number of ether oxygens (including phenoxy) is 1. The Morgan fingerprint density at radius 1 is 1.27 bits per heavy atom. The minimum Gasteiger partial charge on any atom is -0.494 e. The monoisotopic (exact) mass is 484 g/mol. The number of fused-ring (bicyclic) bond motifs is 1. The predicted molar refractivity (Wildman–Crippen MR) is 123 cm³/mol. The largest absolute Gasteiger partial charge is 0.494 e. The molecular weight excluding hydrogens is 464 g/mol. The summed E-state index contributed by atoms with van der Waals surface area (Å²) in [5.41, 5.74) is 1.49. The van der Waals surface area contributed by atoms with Crippen LogP contribution in [0.4, 0.5) is 5.13 Å². The highest BCUT2D eigenvalue weighted by atomic mass is 79.9. The van der Waals surface area contributed by atoms with E-state index in [-0.39, 0.29) is 5.91 Å². The van der Waals surface area contributed by atoms with E-state index >= 15 is 0 Å². The molecule has 2 aromatic carbocycles. The van der Waals surface area contributed by atoms with Gasteiger partial charge in [0.15, 0.2) is 5.13 Å². The van der Waals surface area contributed by atoms with E-state index < -0.39 is 0 Å². The molecule has 0 spiro atoms. The van der Waals surface area contributed by atoms with Crippen molar-refractivity contribution in [2.75, 3.05) is 18.1 Å². The van der Waals surface area contributed by atoms with Gasteiger partial charge in [-0.2, -0.15) is 0 Å². The third-order valence-corrected chi connectivity index (χ3v) is 6.10. The molecule has 0 bridgehead atoms. The van der Waals surface area contributed by atoms with Gasteiger partial charge in [-0.1, -0.05) is 33.3 Å². The molecule has 0 aliphatic carbocycles. The topological polar surface area (TPSA) is 60.2 Å². The Balaban J connectivity index is 1.63. The van der Waals surface area contributed by atoms with E-state index in [2.05, 4.69) is 20.9 Å². The van der Waals surface area contributed by atoms with Gasteiger partial charge in [0, 0.05) is 35.5 Å². The van der Waals surface area contributed by atoms with Gasteiger partial charge >= 0.3 is 0 Å². The second-order valence-electron chi connectivity index (χ2n) is 6.68. The van der Waals surface area contributed by atoms with Crippen molar-refractivity contribution >= 4 is 48.5 Å². The third-order valence-electron chi connectivity index (χ3n) is 4.56. The number of imidazole rings is 1. The molecule has 0 unspecified atom stereocenters. The maximum atomic E-state index is 13.4. The first kappa shape index (κ1) is 20.6. The summed E-state index contributed by atoms with van der Waals surface area (Å²) in [6.45, 7) is 3.91. The minimum atomic E-state index is -0.0639. The Morgan fingerprint density at radius 2 is 2.17 bits per heavy atom. The summed E-state index contributed by atoms with van der Waals surface area (Å²) in [4.78, 5) is 23.9. The number of aromatic nitrogens is 3. The van der Waals surface area contributed by atoms with Gasteiger partial charge in [-0.25, -0.2) is 9.97 Å². The zero-order chi connectivity index (χ0) is 20.9. The maximum absolute atomic E-state index is 13.4. The first-order chi connectivity index (χ1) is 14.6. The molecule has 0 saturated heterocycles. The Bertz CT molecular complexity index is 1140. The van der Waals surface area contributed by atoms with Crippen LogP contribution in [0.25, 0.3) is 10.2 Å². The molecule has 4 aromatic rings. The van der Waals surface area contributed by atoms with Crippen LogP contribution in [0.2, 0.25) is 0 Å². The molecule has 30 heavy (non-hydrogen) atoms. The van der Waals surface area contributed by atoms with Gasteiger partial charge in [0.05, 0.1) is 23.2 Å². The van der Waals surface area contributed by atoms with Crippen molar-refractivity contribution in [3.63, 3.8) is 0 Å². The lowest BCUT2D eigenvalue weighted by atomic mass is 10.2. The summed E-state index contributed by atoms with van der Waals surface area (Å²) in [5.74, 6) is 0.746. The van der Waals surface area contributed by atoms with Gasteiger partial charge in [0.1, 0.15) is 5.75 Å². The van der Waals surface area contributed by atoms with Gasteiger partial charge < -0.3 is 9.30 Å². The molecule has 0 saturated carbocycles. The normalized spacial score (nSPS) is 11.0. The lowest BCUT2D eigenvalue weighted by Gasteiger charge is -2.20. The summed E-state index contributed by atoms with van der Waals surface area (Å²) in [5, 5.41) is 0.689. The number of halogens is 1. The molecule has 6 nitrogen and oxygen atoms in total. The number of anilines is 1. The van der Waals surface area contributed by atoms with Crippen molar-refractivity contribution < 1.29 is 9.53 Å². The fourth-order valence-corrected chi connectivity index (χ4v) is 4.57. The van der Waals surface area contributed by atoms with Gasteiger partial charge in [0.2, 0.25) is 0 Å². The van der Waals surface area contributed by atoms with E-state index in [0.29, 0.717) is 23.8 Å². The van der Waals surface area contributed by atoms with Gasteiger partial charge in [-0.3, -0.25) is 9.69 Å². The number of benzene rings is 2. The molecule has 1 amide bonds. The van der Waals surface area contributed by atoms with E-state index in [9.17, 15) is 4.79 Å². The minimum absolute atomic E-state index is 0.0639. The highest BCUT2D eigenvalue weighted by Crippen LogP contribution is 2.32. The molecule has 2 aromatic heterocycles. The average Bonchev–Trinajstić information content (AvgIpc) is 3.40. The maximum Gasteiger partial charge on any atom is 0.260 e. The second kappa shape index (κ2) is 9.40. The second-order valence-corrected chi connectivity index (χ2v) is 8.60. The van der Waals surface area contributed by atoms with E-state index in [1.807, 2.05) is 60.2 Å². The molecule has 154 valence electrons. The predicted octanol–water partition coefficient (Wildman–Crippen LogP) is 5.39. The molecule has 2 heterocycles. The van der Waals surface area contributed by atoms with Crippen LogP contribution in [0.3, 0.4) is 0 Å². The lowest BCUT2D eigenvalue weighted by Crippen LogP contribution is -2.32. The summed E-state index contributed by atoms with van der Waals surface area (Å²) in [6, 6.07) is 13.3. The van der Waals surface area contributed by atoms with Crippen molar-refractivity contribution in [3.05, 3.63) is 71.2 Å². The van der Waals surface area contributed by atoms with Crippen LogP contribution in [0.15, 0.2) is 65.7 Å². The van der Waals surface area contributed by atoms with Crippen LogP contribution in [-0.2, 0) is 6.54 Å². The molecule has 4 rings (SSSR count). The molecule has 0 aliphatic rings. The SMILES string of the molecule is CCOc1ccc2nc(N(CCCn3ccnc3)C(=O)c3cccc(Br)c3)sc2c1. The fraction of sp³-hybridized carbons (Fsp3) is 0.227. The van der Waals surface area contributed by atoms with Crippen LogP contribution < -0.4 is 9.64 Å². The number of hydrogen-bond acceptors (Lipinski definition) is 5. The zero-order valence-corrected chi connectivity index (χ0v) is 18.9. The Hall–Kier alpha value is -2.71. The molecule has 0 N–H and O–H groups in total. The van der Waals surface area contributed by atoms with Crippen LogP contribution in [-0.4, -0.2) is 33.6 Å². The number of thiazole rings is 1. The summed E-state index contributed by atoms with van der Waals surface area (Å²) >= 11 is 4.96. The number of amides is 1. The standard InChI is InChI=1S/C22H21BrN4O2S/c1-2-29-18-7-8-19-20(14-18)30-22(25-19)27(11-4-10-26-12-9-24-15-26)21(28)16-5-3-6-17(23)13-16/h3,5-9,12-15H,2,4,10-11H2,1H3. The lowest BCUT2D eigenvalue weighted by molar-refractivity contribution is 0.0986. The third kappa shape index (κ3) is 4.71. The van der Waals surface area contributed by atoms with Crippen molar-refractivity contribution in [1.82, 2.24) is 14.5 Å². The first-order valence-corrected chi connectivity index (χ1v) is 11.3. The summed E-state index contributed by atoms with van der Waals surface area (Å²) < 4.78 is 9.48. The number of aryl methyl sites for hydroxylation is 1. The van der Waals surface area contributed by atoms with Gasteiger partial charge in [-0.15, -0.1) is 0 Å². The van der Waals surface area contributed by atoms with Crippen molar-refractivity contribution in [2.45, 2.75) is 19.9 Å². The number of carbonyl (C=O) groups is 1. The van der Waals surface area contributed by atoms with Gasteiger partial charge in [0.25, 0.3) is 5.91 Å². The molecule has 8 heteroatoms. The number of hydrogen-bond donors (Lipinski definition) is 0. The number of nitrogens with zero attached hydrogens (tertiary/aromatic N) is 4. The molecule has 0 radical (unpaired) electrons. The Kier molecular flexibility index (Phi) is 6.44. The van der Waals surface area contributed by atoms with Crippen LogP contribution in [0.5, 0.6) is 5.75 Å².